The molecule has 0 atom stereocenters. The summed E-state index contributed by atoms with van der Waals surface area (Å²) in [5.41, 5.74) is 5.56. The van der Waals surface area contributed by atoms with Crippen LogP contribution in [0.5, 0.6) is 0 Å². The van der Waals surface area contributed by atoms with E-state index in [1.807, 2.05) is 18.2 Å². The van der Waals surface area contributed by atoms with Crippen LogP contribution in [0.4, 0.5) is 0 Å². The van der Waals surface area contributed by atoms with Crippen LogP contribution in [0.15, 0.2) is 36.4 Å². The SMILES string of the molecule is Cc1cccc(C)c1-c1ccc(Cl)c(CO)c1. The van der Waals surface area contributed by atoms with Gasteiger partial charge in [-0.2, -0.15) is 0 Å². The minimum absolute atomic E-state index is 0.0302. The zero-order valence-electron chi connectivity index (χ0n) is 10.00. The van der Waals surface area contributed by atoms with E-state index in [-0.39, 0.29) is 6.61 Å². The molecule has 2 rings (SSSR count). The fourth-order valence-electron chi connectivity index (χ4n) is 2.12. The van der Waals surface area contributed by atoms with Gasteiger partial charge in [0.15, 0.2) is 0 Å². The smallest absolute Gasteiger partial charge is 0.0696 e. The number of aliphatic hydroxyl groups excluding tert-OH is 1. The van der Waals surface area contributed by atoms with Crippen molar-refractivity contribution >= 4 is 11.6 Å². The van der Waals surface area contributed by atoms with E-state index in [4.69, 9.17) is 11.6 Å². The Balaban J connectivity index is 2.61. The van der Waals surface area contributed by atoms with E-state index in [0.717, 1.165) is 11.1 Å². The first-order valence-electron chi connectivity index (χ1n) is 5.59. The van der Waals surface area contributed by atoms with Gasteiger partial charge >= 0.3 is 0 Å². The molecule has 88 valence electrons. The summed E-state index contributed by atoms with van der Waals surface area (Å²) in [6, 6.07) is 12.0. The highest BCUT2D eigenvalue weighted by atomic mass is 35.5. The lowest BCUT2D eigenvalue weighted by Gasteiger charge is -2.11. The van der Waals surface area contributed by atoms with E-state index in [0.29, 0.717) is 5.02 Å². The number of halogens is 1. The molecule has 0 radical (unpaired) electrons. The van der Waals surface area contributed by atoms with Crippen LogP contribution >= 0.6 is 11.6 Å². The number of hydrogen-bond donors (Lipinski definition) is 1. The first-order chi connectivity index (χ1) is 8.13. The molecule has 17 heavy (non-hydrogen) atoms. The third kappa shape index (κ3) is 2.36. The number of hydrogen-bond acceptors (Lipinski definition) is 1. The predicted molar refractivity (Wildman–Crippen MR) is 72.3 cm³/mol. The van der Waals surface area contributed by atoms with Crippen molar-refractivity contribution in [2.45, 2.75) is 20.5 Å². The van der Waals surface area contributed by atoms with Crippen molar-refractivity contribution in [1.82, 2.24) is 0 Å². The lowest BCUT2D eigenvalue weighted by atomic mass is 9.95. The van der Waals surface area contributed by atoms with Crippen LogP contribution in [0.25, 0.3) is 11.1 Å². The summed E-state index contributed by atoms with van der Waals surface area (Å²) in [5, 5.41) is 9.86. The largest absolute Gasteiger partial charge is 0.392 e. The second-order valence-electron chi connectivity index (χ2n) is 4.23. The van der Waals surface area contributed by atoms with Gasteiger partial charge in [0, 0.05) is 5.02 Å². The molecule has 0 aliphatic carbocycles. The standard InChI is InChI=1S/C15H15ClO/c1-10-4-3-5-11(2)15(10)12-6-7-14(16)13(8-12)9-17/h3-8,17H,9H2,1-2H3. The van der Waals surface area contributed by atoms with E-state index in [9.17, 15) is 5.11 Å². The Morgan fingerprint density at radius 1 is 1.06 bits per heavy atom. The van der Waals surface area contributed by atoms with Gasteiger partial charge in [0.05, 0.1) is 6.61 Å². The topological polar surface area (TPSA) is 20.2 Å². The number of rotatable bonds is 2. The second kappa shape index (κ2) is 4.91. The van der Waals surface area contributed by atoms with E-state index < -0.39 is 0 Å². The number of aliphatic hydroxyl groups is 1. The maximum Gasteiger partial charge on any atom is 0.0696 e. The van der Waals surface area contributed by atoms with Crippen molar-refractivity contribution in [3.63, 3.8) is 0 Å². The average Bonchev–Trinajstić information content (AvgIpc) is 2.31. The van der Waals surface area contributed by atoms with Crippen LogP contribution in [0.1, 0.15) is 16.7 Å². The van der Waals surface area contributed by atoms with Crippen molar-refractivity contribution in [2.75, 3.05) is 0 Å². The van der Waals surface area contributed by atoms with Crippen LogP contribution in [-0.4, -0.2) is 5.11 Å². The number of benzene rings is 2. The van der Waals surface area contributed by atoms with Gasteiger partial charge in [0.25, 0.3) is 0 Å². The molecule has 0 saturated carbocycles. The summed E-state index contributed by atoms with van der Waals surface area (Å²) in [6.07, 6.45) is 0. The van der Waals surface area contributed by atoms with Crippen LogP contribution < -0.4 is 0 Å². The lowest BCUT2D eigenvalue weighted by molar-refractivity contribution is 0.282. The summed E-state index contributed by atoms with van der Waals surface area (Å²) >= 11 is 6.00. The molecular formula is C15H15ClO. The third-order valence-corrected chi connectivity index (χ3v) is 3.35. The van der Waals surface area contributed by atoms with Crippen molar-refractivity contribution in [3.05, 3.63) is 58.1 Å². The molecule has 2 aromatic rings. The van der Waals surface area contributed by atoms with Crippen molar-refractivity contribution in [3.8, 4) is 11.1 Å². The molecule has 0 amide bonds. The Labute approximate surface area is 107 Å². The molecule has 1 nitrogen and oxygen atoms in total. The molecule has 0 aliphatic heterocycles. The summed E-state index contributed by atoms with van der Waals surface area (Å²) < 4.78 is 0. The Bertz CT molecular complexity index is 526. The summed E-state index contributed by atoms with van der Waals surface area (Å²) in [6.45, 7) is 4.16. The highest BCUT2D eigenvalue weighted by molar-refractivity contribution is 6.31. The molecule has 0 aromatic heterocycles. The molecule has 2 aromatic carbocycles. The van der Waals surface area contributed by atoms with Gasteiger partial charge in [-0.3, -0.25) is 0 Å². The molecule has 0 bridgehead atoms. The van der Waals surface area contributed by atoms with E-state index in [1.54, 1.807) is 0 Å². The first-order valence-corrected chi connectivity index (χ1v) is 5.97. The minimum Gasteiger partial charge on any atom is -0.392 e. The van der Waals surface area contributed by atoms with Gasteiger partial charge in [-0.05, 0) is 53.8 Å². The third-order valence-electron chi connectivity index (χ3n) is 2.99. The zero-order valence-corrected chi connectivity index (χ0v) is 10.8. The van der Waals surface area contributed by atoms with E-state index in [1.165, 1.54) is 16.7 Å². The fraction of sp³-hybridized carbons (Fsp3) is 0.200. The zero-order chi connectivity index (χ0) is 12.4. The van der Waals surface area contributed by atoms with Gasteiger partial charge in [-0.25, -0.2) is 0 Å². The molecule has 1 N–H and O–H groups in total. The van der Waals surface area contributed by atoms with Gasteiger partial charge < -0.3 is 5.11 Å². The Morgan fingerprint density at radius 3 is 2.29 bits per heavy atom. The van der Waals surface area contributed by atoms with Gasteiger partial charge in [0.1, 0.15) is 0 Å². The van der Waals surface area contributed by atoms with Gasteiger partial charge in [-0.15, -0.1) is 0 Å². The molecule has 0 saturated heterocycles. The van der Waals surface area contributed by atoms with Crippen molar-refractivity contribution < 1.29 is 5.11 Å². The Hall–Kier alpha value is -1.31. The average molecular weight is 247 g/mol. The van der Waals surface area contributed by atoms with Gasteiger partial charge in [0.2, 0.25) is 0 Å². The maximum absolute atomic E-state index is 9.24. The van der Waals surface area contributed by atoms with Crippen molar-refractivity contribution in [2.24, 2.45) is 0 Å². The van der Waals surface area contributed by atoms with E-state index >= 15 is 0 Å². The molecule has 0 fully saturated rings. The Morgan fingerprint density at radius 2 is 1.71 bits per heavy atom. The lowest BCUT2D eigenvalue weighted by Crippen LogP contribution is -1.91. The number of aryl methyl sites for hydroxylation is 2. The quantitative estimate of drug-likeness (QED) is 0.845. The molecule has 0 heterocycles. The van der Waals surface area contributed by atoms with Crippen LogP contribution in [-0.2, 0) is 6.61 Å². The van der Waals surface area contributed by atoms with Crippen LogP contribution in [0.3, 0.4) is 0 Å². The monoisotopic (exact) mass is 246 g/mol. The summed E-state index contributed by atoms with van der Waals surface area (Å²) in [4.78, 5) is 0. The summed E-state index contributed by atoms with van der Waals surface area (Å²) in [7, 11) is 0. The van der Waals surface area contributed by atoms with Crippen LogP contribution in [0, 0.1) is 13.8 Å². The van der Waals surface area contributed by atoms with Gasteiger partial charge in [-0.1, -0.05) is 35.9 Å². The molecule has 0 aliphatic rings. The molecule has 2 heteroatoms. The van der Waals surface area contributed by atoms with Crippen LogP contribution in [0.2, 0.25) is 5.02 Å². The second-order valence-corrected chi connectivity index (χ2v) is 4.64. The summed E-state index contributed by atoms with van der Waals surface area (Å²) in [5.74, 6) is 0. The Kier molecular flexibility index (Phi) is 3.51. The highest BCUT2D eigenvalue weighted by Gasteiger charge is 2.07. The normalized spacial score (nSPS) is 10.6. The minimum atomic E-state index is -0.0302. The fourth-order valence-corrected chi connectivity index (χ4v) is 2.30. The molecule has 0 spiro atoms. The molecule has 0 unspecified atom stereocenters. The molecular weight excluding hydrogens is 232 g/mol. The van der Waals surface area contributed by atoms with Crippen molar-refractivity contribution in [1.29, 1.82) is 0 Å². The highest BCUT2D eigenvalue weighted by Crippen LogP contribution is 2.30. The maximum atomic E-state index is 9.24. The predicted octanol–water partition coefficient (Wildman–Crippen LogP) is 4.12. The van der Waals surface area contributed by atoms with E-state index in [2.05, 4.69) is 32.0 Å². The first kappa shape index (κ1) is 12.2.